The summed E-state index contributed by atoms with van der Waals surface area (Å²) in [6.45, 7) is 6.68. The number of nitrogens with one attached hydrogen (secondary N) is 1. The van der Waals surface area contributed by atoms with Crippen LogP contribution in [0.15, 0.2) is 53.7 Å². The van der Waals surface area contributed by atoms with Crippen LogP contribution in [0.1, 0.15) is 52.3 Å². The minimum atomic E-state index is 0.00580. The van der Waals surface area contributed by atoms with Crippen LogP contribution >= 0.6 is 0 Å². The fraction of sp³-hybridized carbons (Fsp3) is 0.346. The Hall–Kier alpha value is -3.25. The van der Waals surface area contributed by atoms with E-state index < -0.39 is 0 Å². The molecule has 164 valence electrons. The molecule has 32 heavy (non-hydrogen) atoms. The molecule has 1 aliphatic heterocycles. The van der Waals surface area contributed by atoms with E-state index in [2.05, 4.69) is 59.9 Å². The van der Waals surface area contributed by atoms with E-state index in [0.717, 1.165) is 23.4 Å². The summed E-state index contributed by atoms with van der Waals surface area (Å²) >= 11 is 0. The number of hydroxylamine groups is 1. The molecule has 1 N–H and O–H groups in total. The first kappa shape index (κ1) is 20.6. The molecule has 1 atom stereocenters. The first-order chi connectivity index (χ1) is 15.6. The zero-order valence-electron chi connectivity index (χ0n) is 18.8. The van der Waals surface area contributed by atoms with Gasteiger partial charge < -0.3 is 4.74 Å². The Labute approximate surface area is 188 Å². The average molecular weight is 429 g/mol. The minimum Gasteiger partial charge on any atom is -0.455 e. The predicted molar refractivity (Wildman–Crippen MR) is 124 cm³/mol. The molecule has 0 amide bonds. The van der Waals surface area contributed by atoms with Crippen molar-refractivity contribution in [3.63, 3.8) is 0 Å². The molecule has 2 aromatic carbocycles. The zero-order chi connectivity index (χ0) is 22.1. The molecule has 6 nitrogen and oxygen atoms in total. The highest BCUT2D eigenvalue weighted by Crippen LogP contribution is 2.41. The molecule has 6 heteroatoms. The molecule has 1 saturated carbocycles. The fourth-order valence-electron chi connectivity index (χ4n) is 4.20. The summed E-state index contributed by atoms with van der Waals surface area (Å²) in [4.78, 5) is 10.7. The van der Waals surface area contributed by atoms with Gasteiger partial charge in [0.2, 0.25) is 0 Å². The van der Waals surface area contributed by atoms with Gasteiger partial charge in [-0.15, -0.1) is 0 Å². The lowest BCUT2D eigenvalue weighted by molar-refractivity contribution is 0.0622. The Morgan fingerprint density at radius 1 is 1.09 bits per heavy atom. The molecule has 0 spiro atoms. The van der Waals surface area contributed by atoms with Gasteiger partial charge in [-0.2, -0.15) is 10.2 Å². The summed E-state index contributed by atoms with van der Waals surface area (Å²) < 4.78 is 6.27. The van der Waals surface area contributed by atoms with Gasteiger partial charge in [-0.3, -0.25) is 9.83 Å². The Morgan fingerprint density at radius 2 is 1.97 bits per heavy atom. The van der Waals surface area contributed by atoms with Crippen molar-refractivity contribution in [3.05, 3.63) is 82.2 Å². The summed E-state index contributed by atoms with van der Waals surface area (Å²) in [7, 11) is 0. The second-order valence-electron chi connectivity index (χ2n) is 8.80. The summed E-state index contributed by atoms with van der Waals surface area (Å²) in [5, 5.41) is 8.35. The van der Waals surface area contributed by atoms with E-state index in [4.69, 9.17) is 14.6 Å². The van der Waals surface area contributed by atoms with Crippen molar-refractivity contribution in [2.45, 2.75) is 52.0 Å². The number of ether oxygens (including phenoxy) is 1. The van der Waals surface area contributed by atoms with Crippen LogP contribution < -0.4 is 10.2 Å². The van der Waals surface area contributed by atoms with Crippen LogP contribution in [0.25, 0.3) is 0 Å². The van der Waals surface area contributed by atoms with Crippen LogP contribution in [-0.4, -0.2) is 28.7 Å². The van der Waals surface area contributed by atoms with Crippen LogP contribution in [0.2, 0.25) is 0 Å². The quantitative estimate of drug-likeness (QED) is 0.601. The third-order valence-corrected chi connectivity index (χ3v) is 6.07. The smallest absolute Gasteiger partial charge is 0.160 e. The van der Waals surface area contributed by atoms with Gasteiger partial charge in [0.25, 0.3) is 0 Å². The largest absolute Gasteiger partial charge is 0.455 e. The molecule has 0 saturated heterocycles. The fourth-order valence-corrected chi connectivity index (χ4v) is 4.20. The van der Waals surface area contributed by atoms with Crippen molar-refractivity contribution in [2.75, 3.05) is 6.61 Å². The molecular weight excluding hydrogens is 400 g/mol. The van der Waals surface area contributed by atoms with E-state index in [1.165, 1.54) is 35.1 Å². The van der Waals surface area contributed by atoms with Gasteiger partial charge in [0.15, 0.2) is 11.6 Å². The maximum Gasteiger partial charge on any atom is 0.160 e. The minimum absolute atomic E-state index is 0.00580. The lowest BCUT2D eigenvalue weighted by atomic mass is 9.99. The lowest BCUT2D eigenvalue weighted by Crippen LogP contribution is -2.37. The van der Waals surface area contributed by atoms with Crippen LogP contribution in [0.3, 0.4) is 0 Å². The van der Waals surface area contributed by atoms with Crippen LogP contribution in [0.5, 0.6) is 11.5 Å². The Kier molecular flexibility index (Phi) is 5.62. The van der Waals surface area contributed by atoms with Gasteiger partial charge in [-0.25, -0.2) is 5.48 Å². The predicted octanol–water partition coefficient (Wildman–Crippen LogP) is 4.96. The lowest BCUT2D eigenvalue weighted by Gasteiger charge is -2.24. The van der Waals surface area contributed by atoms with Crippen molar-refractivity contribution in [1.29, 1.82) is 0 Å². The molecule has 0 radical (unpaired) electrons. The van der Waals surface area contributed by atoms with E-state index in [9.17, 15) is 0 Å². The molecule has 1 fully saturated rings. The molecule has 0 unspecified atom stereocenters. The maximum absolute atomic E-state index is 6.27. The summed E-state index contributed by atoms with van der Waals surface area (Å²) in [5.41, 5.74) is 9.66. The summed E-state index contributed by atoms with van der Waals surface area (Å²) in [5.74, 6) is 2.71. The number of rotatable bonds is 6. The van der Waals surface area contributed by atoms with Crippen LogP contribution in [-0.2, 0) is 11.3 Å². The zero-order valence-corrected chi connectivity index (χ0v) is 18.8. The standard InChI is InChI=1S/C26H28N4O2/c1-16-7-8-20(17(2)11-16)12-22-15-31-30-26(28-22)25-18(3)29-27-14-24(25)32-23-6-4-5-21(13-23)19-9-10-19/h4-8,11,13-14,19,22H,9-10,12,15H2,1-3H3,(H,28,30)/t22-/m1/s1. The van der Waals surface area contributed by atoms with E-state index in [1.807, 2.05) is 19.1 Å². The first-order valence-electron chi connectivity index (χ1n) is 11.2. The number of aromatic nitrogens is 2. The van der Waals surface area contributed by atoms with Gasteiger partial charge in [0.1, 0.15) is 5.75 Å². The number of hydrogen-bond donors (Lipinski definition) is 1. The molecular formula is C26H28N4O2. The molecule has 5 rings (SSSR count). The van der Waals surface area contributed by atoms with Crippen molar-refractivity contribution in [1.82, 2.24) is 15.7 Å². The average Bonchev–Trinajstić information content (AvgIpc) is 3.62. The number of benzene rings is 2. The number of hydrogen-bond acceptors (Lipinski definition) is 6. The monoisotopic (exact) mass is 428 g/mol. The molecule has 0 bridgehead atoms. The van der Waals surface area contributed by atoms with Crippen molar-refractivity contribution < 1.29 is 9.57 Å². The first-order valence-corrected chi connectivity index (χ1v) is 11.2. The highest BCUT2D eigenvalue weighted by atomic mass is 16.6. The number of amidine groups is 1. The molecule has 1 aromatic heterocycles. The Balaban J connectivity index is 1.42. The van der Waals surface area contributed by atoms with E-state index >= 15 is 0 Å². The van der Waals surface area contributed by atoms with Gasteiger partial charge in [0.05, 0.1) is 30.1 Å². The molecule has 2 aliphatic rings. The van der Waals surface area contributed by atoms with Crippen molar-refractivity contribution >= 4 is 5.84 Å². The summed E-state index contributed by atoms with van der Waals surface area (Å²) in [6, 6.07) is 14.8. The van der Waals surface area contributed by atoms with E-state index in [-0.39, 0.29) is 6.04 Å². The Morgan fingerprint density at radius 3 is 2.78 bits per heavy atom. The number of aryl methyl sites for hydroxylation is 3. The molecule has 2 heterocycles. The van der Waals surface area contributed by atoms with Crippen molar-refractivity contribution in [2.24, 2.45) is 4.99 Å². The second-order valence-corrected chi connectivity index (χ2v) is 8.80. The van der Waals surface area contributed by atoms with Crippen LogP contribution in [0.4, 0.5) is 0 Å². The summed E-state index contributed by atoms with van der Waals surface area (Å²) in [6.07, 6.45) is 4.97. The normalized spacial score (nSPS) is 18.1. The second kappa shape index (κ2) is 8.71. The highest BCUT2D eigenvalue weighted by Gasteiger charge is 2.25. The SMILES string of the molecule is Cc1ccc(C[C@@H]2CONC(c3c(Oc4cccc(C5CC5)c4)cnnc3C)=N2)c(C)c1. The van der Waals surface area contributed by atoms with E-state index in [1.54, 1.807) is 6.20 Å². The highest BCUT2D eigenvalue weighted by molar-refractivity contribution is 6.01. The third kappa shape index (κ3) is 4.50. The van der Waals surface area contributed by atoms with Crippen molar-refractivity contribution in [3.8, 4) is 11.5 Å². The van der Waals surface area contributed by atoms with Gasteiger partial charge >= 0.3 is 0 Å². The van der Waals surface area contributed by atoms with Gasteiger partial charge in [0, 0.05) is 0 Å². The van der Waals surface area contributed by atoms with Crippen LogP contribution in [0, 0.1) is 20.8 Å². The Bertz CT molecular complexity index is 1170. The maximum atomic E-state index is 6.27. The van der Waals surface area contributed by atoms with Gasteiger partial charge in [-0.05, 0) is 74.8 Å². The number of nitrogens with zero attached hydrogens (tertiary/aromatic N) is 3. The van der Waals surface area contributed by atoms with Gasteiger partial charge in [-0.1, -0.05) is 35.9 Å². The molecule has 1 aliphatic carbocycles. The topological polar surface area (TPSA) is 68.6 Å². The third-order valence-electron chi connectivity index (χ3n) is 6.07. The van der Waals surface area contributed by atoms with E-state index in [0.29, 0.717) is 24.1 Å². The molecule has 3 aromatic rings. The number of aliphatic imine (C=N–C) groups is 1.